The quantitative estimate of drug-likeness (QED) is 0.441. The first-order valence-electron chi connectivity index (χ1n) is 8.83. The third-order valence-corrected chi connectivity index (χ3v) is 4.62. The smallest absolute Gasteiger partial charge is 0.188 e. The van der Waals surface area contributed by atoms with Crippen molar-refractivity contribution >= 4 is 53.2 Å². The minimum Gasteiger partial charge on any atom is -0.453 e. The lowest BCUT2D eigenvalue weighted by atomic mass is 10.2. The summed E-state index contributed by atoms with van der Waals surface area (Å²) in [5.41, 5.74) is 1.98. The zero-order valence-corrected chi connectivity index (χ0v) is 19.1. The van der Waals surface area contributed by atoms with E-state index in [2.05, 4.69) is 46.4 Å². The van der Waals surface area contributed by atoms with Gasteiger partial charge >= 0.3 is 0 Å². The van der Waals surface area contributed by atoms with Crippen LogP contribution in [0.1, 0.15) is 17.7 Å². The van der Waals surface area contributed by atoms with Crippen LogP contribution >= 0.6 is 36.2 Å². The number of aryl methyl sites for hydroxylation is 1. The molecule has 0 fully saturated rings. The highest BCUT2D eigenvalue weighted by Crippen LogP contribution is 2.32. The molecule has 29 heavy (non-hydrogen) atoms. The second kappa shape index (κ2) is 12.4. The number of hydrogen-bond acceptors (Lipinski definition) is 6. The van der Waals surface area contributed by atoms with Gasteiger partial charge in [-0.1, -0.05) is 30.4 Å². The highest BCUT2D eigenvalue weighted by molar-refractivity contribution is 7.13. The maximum absolute atomic E-state index is 6.08. The van der Waals surface area contributed by atoms with E-state index in [-0.39, 0.29) is 24.8 Å². The van der Waals surface area contributed by atoms with Crippen LogP contribution in [0.4, 0.5) is 10.9 Å². The maximum Gasteiger partial charge on any atom is 0.188 e. The van der Waals surface area contributed by atoms with Gasteiger partial charge in [0.25, 0.3) is 0 Å². The molecule has 0 saturated heterocycles. The molecule has 3 aromatic rings. The first kappa shape index (κ1) is 24.9. The Balaban J connectivity index is 0.00000210. The van der Waals surface area contributed by atoms with Crippen LogP contribution in [-0.2, 0) is 0 Å². The van der Waals surface area contributed by atoms with Crippen LogP contribution < -0.4 is 10.1 Å². The Morgan fingerprint density at radius 3 is 2.59 bits per heavy atom. The van der Waals surface area contributed by atoms with E-state index in [0.29, 0.717) is 11.6 Å². The number of benzene rings is 1. The normalized spacial score (nSPS) is 10.5. The molecule has 0 atom stereocenters. The first-order chi connectivity index (χ1) is 13.1. The van der Waals surface area contributed by atoms with Crippen LogP contribution in [0.25, 0.3) is 6.08 Å². The maximum atomic E-state index is 6.08. The lowest BCUT2D eigenvalue weighted by Gasteiger charge is -2.12. The van der Waals surface area contributed by atoms with Gasteiger partial charge in [-0.25, -0.2) is 9.97 Å². The molecule has 156 valence electrons. The Bertz CT molecular complexity index is 901. The minimum atomic E-state index is 0. The van der Waals surface area contributed by atoms with Gasteiger partial charge in [-0.05, 0) is 51.2 Å². The number of hydrogen-bond donors (Lipinski definition) is 1. The van der Waals surface area contributed by atoms with Crippen LogP contribution in [0.5, 0.6) is 11.5 Å². The van der Waals surface area contributed by atoms with Crippen molar-refractivity contribution in [1.82, 2.24) is 14.9 Å². The number of pyridine rings is 1. The fourth-order valence-corrected chi connectivity index (χ4v) is 3.09. The number of rotatable bonds is 8. The molecule has 1 aromatic carbocycles. The molecule has 8 heteroatoms. The van der Waals surface area contributed by atoms with Crippen LogP contribution in [0.3, 0.4) is 0 Å². The van der Waals surface area contributed by atoms with Gasteiger partial charge in [-0.2, -0.15) is 0 Å². The van der Waals surface area contributed by atoms with Crippen molar-refractivity contribution in [3.05, 3.63) is 65.3 Å². The molecular weight excluding hydrogens is 427 g/mol. The lowest BCUT2D eigenvalue weighted by Crippen LogP contribution is -2.11. The van der Waals surface area contributed by atoms with Crippen LogP contribution in [-0.4, -0.2) is 35.5 Å². The van der Waals surface area contributed by atoms with E-state index in [1.54, 1.807) is 11.3 Å². The Morgan fingerprint density at radius 2 is 1.93 bits per heavy atom. The molecule has 2 aromatic heterocycles. The lowest BCUT2D eigenvalue weighted by molar-refractivity contribution is 0.417. The molecule has 0 bridgehead atoms. The largest absolute Gasteiger partial charge is 0.453 e. The topological polar surface area (TPSA) is 50.3 Å². The zero-order chi connectivity index (χ0) is 19.1. The van der Waals surface area contributed by atoms with Gasteiger partial charge < -0.3 is 15.0 Å². The van der Waals surface area contributed by atoms with Gasteiger partial charge in [0.2, 0.25) is 0 Å². The molecule has 0 aliphatic carbocycles. The first-order valence-corrected chi connectivity index (χ1v) is 9.71. The predicted octanol–water partition coefficient (Wildman–Crippen LogP) is 6.19. The third-order valence-electron chi connectivity index (χ3n) is 3.74. The van der Waals surface area contributed by atoms with Crippen molar-refractivity contribution in [3.8, 4) is 11.5 Å². The summed E-state index contributed by atoms with van der Waals surface area (Å²) >= 11 is 1.55. The highest BCUT2D eigenvalue weighted by Gasteiger charge is 2.10. The highest BCUT2D eigenvalue weighted by atomic mass is 35.5. The number of para-hydroxylation sites is 1. The van der Waals surface area contributed by atoms with Crippen molar-refractivity contribution in [2.45, 2.75) is 13.3 Å². The van der Waals surface area contributed by atoms with Gasteiger partial charge in [0.05, 0.1) is 5.69 Å². The average molecular weight is 453 g/mol. The molecule has 0 saturated carbocycles. The van der Waals surface area contributed by atoms with E-state index in [4.69, 9.17) is 4.74 Å². The monoisotopic (exact) mass is 452 g/mol. The van der Waals surface area contributed by atoms with E-state index in [9.17, 15) is 0 Å². The summed E-state index contributed by atoms with van der Waals surface area (Å²) in [4.78, 5) is 11.2. The summed E-state index contributed by atoms with van der Waals surface area (Å²) in [5.74, 6) is 2.09. The van der Waals surface area contributed by atoms with Crippen molar-refractivity contribution in [2.75, 3.05) is 26.0 Å². The summed E-state index contributed by atoms with van der Waals surface area (Å²) in [6.45, 7) is 2.98. The number of ether oxygens (including phenoxy) is 1. The number of anilines is 2. The molecule has 3 rings (SSSR count). The molecule has 1 N–H and O–H groups in total. The van der Waals surface area contributed by atoms with E-state index < -0.39 is 0 Å². The summed E-state index contributed by atoms with van der Waals surface area (Å²) < 4.78 is 6.08. The Morgan fingerprint density at radius 1 is 1.17 bits per heavy atom. The van der Waals surface area contributed by atoms with E-state index in [1.807, 2.05) is 54.9 Å². The molecule has 0 amide bonds. The second-order valence-electron chi connectivity index (χ2n) is 6.44. The summed E-state index contributed by atoms with van der Waals surface area (Å²) in [5, 5.41) is 6.06. The SMILES string of the molecule is Cc1csc(Nc2ncc(/C=C/CCN(C)C)cc2Oc2ccccc2)n1.Cl.Cl. The van der Waals surface area contributed by atoms with Gasteiger partial charge in [-0.3, -0.25) is 0 Å². The number of halogens is 2. The number of nitrogens with zero attached hydrogens (tertiary/aromatic N) is 3. The van der Waals surface area contributed by atoms with Gasteiger partial charge in [0.1, 0.15) is 5.75 Å². The number of aromatic nitrogens is 2. The van der Waals surface area contributed by atoms with Crippen LogP contribution in [0.15, 0.2) is 54.1 Å². The molecule has 5 nitrogen and oxygen atoms in total. The Labute approximate surface area is 188 Å². The summed E-state index contributed by atoms with van der Waals surface area (Å²) in [7, 11) is 4.14. The summed E-state index contributed by atoms with van der Waals surface area (Å²) in [6.07, 6.45) is 7.05. The van der Waals surface area contributed by atoms with Crippen molar-refractivity contribution in [3.63, 3.8) is 0 Å². The van der Waals surface area contributed by atoms with Crippen LogP contribution in [0, 0.1) is 6.92 Å². The van der Waals surface area contributed by atoms with E-state index in [1.165, 1.54) is 0 Å². The van der Waals surface area contributed by atoms with E-state index in [0.717, 1.165) is 35.1 Å². The molecular formula is C21H26Cl2N4OS. The molecule has 2 heterocycles. The minimum absolute atomic E-state index is 0. The fraction of sp³-hybridized carbons (Fsp3) is 0.238. The van der Waals surface area contributed by atoms with Crippen molar-refractivity contribution in [2.24, 2.45) is 0 Å². The standard InChI is InChI=1S/C21H24N4OS.2ClH/c1-16-15-27-21(23-16)24-20-19(26-18-10-5-4-6-11-18)13-17(14-22-20)9-7-8-12-25(2)3;;/h4-7,9-11,13-15H,8,12H2,1-3H3,(H,22,23,24);2*1H/b9-7+;;. The van der Waals surface area contributed by atoms with Gasteiger partial charge in [0, 0.05) is 18.1 Å². The average Bonchev–Trinajstić information content (AvgIpc) is 3.06. The van der Waals surface area contributed by atoms with Gasteiger partial charge in [-0.15, -0.1) is 36.2 Å². The molecule has 0 radical (unpaired) electrons. The van der Waals surface area contributed by atoms with Crippen molar-refractivity contribution in [1.29, 1.82) is 0 Å². The third kappa shape index (κ3) is 8.03. The number of thiazole rings is 1. The Kier molecular flexibility index (Phi) is 10.7. The predicted molar refractivity (Wildman–Crippen MR) is 128 cm³/mol. The molecule has 0 aliphatic heterocycles. The zero-order valence-electron chi connectivity index (χ0n) is 16.7. The van der Waals surface area contributed by atoms with E-state index >= 15 is 0 Å². The van der Waals surface area contributed by atoms with Crippen molar-refractivity contribution < 1.29 is 4.74 Å². The number of nitrogens with one attached hydrogen (secondary N) is 1. The summed E-state index contributed by atoms with van der Waals surface area (Å²) in [6, 6.07) is 11.7. The molecule has 0 unspecified atom stereocenters. The fourth-order valence-electron chi connectivity index (χ4n) is 2.40. The second-order valence-corrected chi connectivity index (χ2v) is 7.30. The Hall–Kier alpha value is -2.12. The molecule has 0 aliphatic rings. The van der Waals surface area contributed by atoms with Crippen LogP contribution in [0.2, 0.25) is 0 Å². The molecule has 0 spiro atoms. The van der Waals surface area contributed by atoms with Gasteiger partial charge in [0.15, 0.2) is 16.7 Å².